The predicted octanol–water partition coefficient (Wildman–Crippen LogP) is 5.04. The number of aliphatic hydroxyl groups excluding tert-OH is 2. The number of carbonyl (C=O) groups is 1. The molecule has 0 radical (unpaired) electrons. The average Bonchev–Trinajstić information content (AvgIpc) is 2.65. The highest BCUT2D eigenvalue weighted by Crippen LogP contribution is 2.37. The predicted molar refractivity (Wildman–Crippen MR) is 120 cm³/mol. The zero-order chi connectivity index (χ0) is 23.3. The van der Waals surface area contributed by atoms with Crippen molar-refractivity contribution in [2.24, 2.45) is 0 Å². The Morgan fingerprint density at radius 1 is 1.06 bits per heavy atom. The third-order valence-electron chi connectivity index (χ3n) is 5.18. The Morgan fingerprint density at radius 2 is 1.65 bits per heavy atom. The van der Waals surface area contributed by atoms with E-state index in [0.717, 1.165) is 33.6 Å². The minimum absolute atomic E-state index is 0.0812. The number of halogens is 1. The van der Waals surface area contributed by atoms with E-state index in [1.54, 1.807) is 24.3 Å². The van der Waals surface area contributed by atoms with E-state index in [0.29, 0.717) is 0 Å². The first-order chi connectivity index (χ1) is 14.5. The van der Waals surface area contributed by atoms with Crippen LogP contribution >= 0.6 is 0 Å². The van der Waals surface area contributed by atoms with Crippen molar-refractivity contribution >= 4 is 12.0 Å². The lowest BCUT2D eigenvalue weighted by Gasteiger charge is -2.22. The van der Waals surface area contributed by atoms with Crippen LogP contribution in [0.2, 0.25) is 0 Å². The highest BCUT2D eigenvalue weighted by molar-refractivity contribution is 5.80. The molecule has 1 aromatic heterocycles. The summed E-state index contributed by atoms with van der Waals surface area (Å²) in [6, 6.07) is 6.31. The SMILES string of the molecule is Cc1c(C(C)C)nc(C(C)C)c(/C=C/C(O)CC(O)CC(=O)O)c1-c1ccc(F)cc1. The fraction of sp³-hybridized carbons (Fsp3) is 0.440. The molecule has 0 bridgehead atoms. The van der Waals surface area contributed by atoms with Gasteiger partial charge in [-0.25, -0.2) is 4.39 Å². The Kier molecular flexibility index (Phi) is 8.48. The fourth-order valence-corrected chi connectivity index (χ4v) is 3.74. The summed E-state index contributed by atoms with van der Waals surface area (Å²) in [5.41, 5.74) is 5.43. The van der Waals surface area contributed by atoms with Crippen LogP contribution in [-0.4, -0.2) is 38.5 Å². The Hall–Kier alpha value is -2.57. The summed E-state index contributed by atoms with van der Waals surface area (Å²) in [6.45, 7) is 10.2. The van der Waals surface area contributed by atoms with Crippen molar-refractivity contribution in [1.29, 1.82) is 0 Å². The number of nitrogens with zero attached hydrogens (tertiary/aromatic N) is 1. The summed E-state index contributed by atoms with van der Waals surface area (Å²) in [5, 5.41) is 28.9. The molecular formula is C25H32FNO4. The summed E-state index contributed by atoms with van der Waals surface area (Å²) >= 11 is 0. The Labute approximate surface area is 183 Å². The number of hydrogen-bond acceptors (Lipinski definition) is 4. The van der Waals surface area contributed by atoms with Crippen molar-refractivity contribution in [2.75, 3.05) is 0 Å². The number of pyridine rings is 1. The molecule has 0 spiro atoms. The van der Waals surface area contributed by atoms with E-state index in [9.17, 15) is 19.4 Å². The second-order valence-corrected chi connectivity index (χ2v) is 8.53. The Balaban J connectivity index is 2.59. The van der Waals surface area contributed by atoms with Crippen molar-refractivity contribution in [3.8, 4) is 11.1 Å². The van der Waals surface area contributed by atoms with Gasteiger partial charge in [-0.1, -0.05) is 52.0 Å². The number of aliphatic carboxylic acids is 1. The zero-order valence-corrected chi connectivity index (χ0v) is 18.8. The third kappa shape index (κ3) is 6.45. The highest BCUT2D eigenvalue weighted by Gasteiger charge is 2.21. The van der Waals surface area contributed by atoms with Crippen molar-refractivity contribution < 1.29 is 24.5 Å². The van der Waals surface area contributed by atoms with Crippen LogP contribution in [0.3, 0.4) is 0 Å². The van der Waals surface area contributed by atoms with Gasteiger partial charge < -0.3 is 15.3 Å². The summed E-state index contributed by atoms with van der Waals surface area (Å²) in [7, 11) is 0. The first kappa shape index (κ1) is 24.7. The van der Waals surface area contributed by atoms with Crippen LogP contribution in [0.15, 0.2) is 30.3 Å². The molecule has 2 aromatic rings. The van der Waals surface area contributed by atoms with E-state index < -0.39 is 24.6 Å². The minimum Gasteiger partial charge on any atom is -0.481 e. The lowest BCUT2D eigenvalue weighted by atomic mass is 9.87. The molecule has 5 nitrogen and oxygen atoms in total. The molecule has 3 N–H and O–H groups in total. The lowest BCUT2D eigenvalue weighted by Crippen LogP contribution is -2.19. The van der Waals surface area contributed by atoms with Gasteiger partial charge in [-0.3, -0.25) is 9.78 Å². The average molecular weight is 430 g/mol. The van der Waals surface area contributed by atoms with Gasteiger partial charge in [0.2, 0.25) is 0 Å². The van der Waals surface area contributed by atoms with E-state index >= 15 is 0 Å². The molecule has 2 unspecified atom stereocenters. The van der Waals surface area contributed by atoms with Gasteiger partial charge in [0.05, 0.1) is 24.3 Å². The van der Waals surface area contributed by atoms with Crippen LogP contribution in [0.25, 0.3) is 17.2 Å². The second-order valence-electron chi connectivity index (χ2n) is 8.53. The summed E-state index contributed by atoms with van der Waals surface area (Å²) < 4.78 is 13.6. The molecule has 0 fully saturated rings. The standard InChI is InChI=1S/C25H32FNO4/c1-14(2)24-16(5)23(17-6-8-18(26)9-7-17)21(25(27-24)15(3)4)11-10-19(28)12-20(29)13-22(30)31/h6-11,14-15,19-20,28-29H,12-13H2,1-5H3,(H,30,31)/b11-10+. The number of aliphatic hydroxyl groups is 2. The zero-order valence-electron chi connectivity index (χ0n) is 18.8. The molecule has 0 saturated carbocycles. The first-order valence-electron chi connectivity index (χ1n) is 10.6. The van der Waals surface area contributed by atoms with Gasteiger partial charge in [0.1, 0.15) is 5.82 Å². The maximum Gasteiger partial charge on any atom is 0.305 e. The van der Waals surface area contributed by atoms with Gasteiger partial charge in [0.15, 0.2) is 0 Å². The van der Waals surface area contributed by atoms with Gasteiger partial charge in [0.25, 0.3) is 0 Å². The highest BCUT2D eigenvalue weighted by atomic mass is 19.1. The fourth-order valence-electron chi connectivity index (χ4n) is 3.74. The van der Waals surface area contributed by atoms with Crippen molar-refractivity contribution in [3.05, 3.63) is 58.7 Å². The van der Waals surface area contributed by atoms with E-state index in [1.807, 2.05) is 20.8 Å². The monoisotopic (exact) mass is 429 g/mol. The number of carboxylic acid groups (broad SMARTS) is 1. The topological polar surface area (TPSA) is 90.7 Å². The number of benzene rings is 1. The van der Waals surface area contributed by atoms with Crippen molar-refractivity contribution in [2.45, 2.75) is 71.5 Å². The number of hydrogen-bond donors (Lipinski definition) is 3. The van der Waals surface area contributed by atoms with Crippen LogP contribution in [0.4, 0.5) is 4.39 Å². The van der Waals surface area contributed by atoms with Crippen LogP contribution in [0.1, 0.15) is 74.9 Å². The molecular weight excluding hydrogens is 397 g/mol. The quantitative estimate of drug-likeness (QED) is 0.519. The lowest BCUT2D eigenvalue weighted by molar-refractivity contribution is -0.139. The van der Waals surface area contributed by atoms with Crippen LogP contribution in [-0.2, 0) is 4.79 Å². The van der Waals surface area contributed by atoms with Crippen LogP contribution < -0.4 is 0 Å². The van der Waals surface area contributed by atoms with E-state index in [1.165, 1.54) is 12.1 Å². The molecule has 1 aromatic carbocycles. The third-order valence-corrected chi connectivity index (χ3v) is 5.18. The smallest absolute Gasteiger partial charge is 0.305 e. The maximum absolute atomic E-state index is 13.6. The van der Waals surface area contributed by atoms with Gasteiger partial charge in [0, 0.05) is 17.7 Å². The molecule has 1 heterocycles. The van der Waals surface area contributed by atoms with Gasteiger partial charge in [-0.2, -0.15) is 0 Å². The van der Waals surface area contributed by atoms with Crippen molar-refractivity contribution in [1.82, 2.24) is 4.98 Å². The van der Waals surface area contributed by atoms with Gasteiger partial charge in [-0.15, -0.1) is 0 Å². The number of aromatic nitrogens is 1. The van der Waals surface area contributed by atoms with Gasteiger partial charge in [-0.05, 0) is 47.6 Å². The number of carboxylic acids is 1. The molecule has 2 rings (SSSR count). The molecule has 0 aliphatic carbocycles. The molecule has 0 saturated heterocycles. The van der Waals surface area contributed by atoms with Crippen molar-refractivity contribution in [3.63, 3.8) is 0 Å². The number of rotatable bonds is 9. The minimum atomic E-state index is -1.14. The molecule has 6 heteroatoms. The van der Waals surface area contributed by atoms with Crippen LogP contribution in [0.5, 0.6) is 0 Å². The summed E-state index contributed by atoms with van der Waals surface area (Å²) in [6.07, 6.45) is 0.669. The van der Waals surface area contributed by atoms with E-state index in [-0.39, 0.29) is 24.1 Å². The van der Waals surface area contributed by atoms with Gasteiger partial charge >= 0.3 is 5.97 Å². The molecule has 168 valence electrons. The molecule has 31 heavy (non-hydrogen) atoms. The van der Waals surface area contributed by atoms with Crippen LogP contribution in [0, 0.1) is 12.7 Å². The first-order valence-corrected chi connectivity index (χ1v) is 10.6. The largest absolute Gasteiger partial charge is 0.481 e. The normalized spacial score (nSPS) is 13.9. The molecule has 2 atom stereocenters. The maximum atomic E-state index is 13.6. The summed E-state index contributed by atoms with van der Waals surface area (Å²) in [4.78, 5) is 15.7. The Morgan fingerprint density at radius 3 is 2.16 bits per heavy atom. The van der Waals surface area contributed by atoms with E-state index in [2.05, 4.69) is 13.8 Å². The molecule has 0 aliphatic rings. The van der Waals surface area contributed by atoms with E-state index in [4.69, 9.17) is 10.1 Å². The Bertz CT molecular complexity index is 936. The molecule has 0 amide bonds. The summed E-state index contributed by atoms with van der Waals surface area (Å²) in [5.74, 6) is -1.13. The molecule has 0 aliphatic heterocycles. The second kappa shape index (κ2) is 10.6.